The van der Waals surface area contributed by atoms with Gasteiger partial charge in [0.1, 0.15) is 12.4 Å². The lowest BCUT2D eigenvalue weighted by Crippen LogP contribution is -2.40. The van der Waals surface area contributed by atoms with Crippen molar-refractivity contribution in [1.29, 1.82) is 0 Å². The summed E-state index contributed by atoms with van der Waals surface area (Å²) in [6.45, 7) is 2.95. The number of benzene rings is 1. The smallest absolute Gasteiger partial charge is 0.230 e. The molecule has 0 aliphatic carbocycles. The highest BCUT2D eigenvalue weighted by molar-refractivity contribution is 5.80. The monoisotopic (exact) mass is 313 g/mol. The maximum atomic E-state index is 13.0. The fourth-order valence-corrected chi connectivity index (χ4v) is 3.47. The fourth-order valence-electron chi connectivity index (χ4n) is 3.47. The Hall–Kier alpha value is -2.37. The van der Waals surface area contributed by atoms with E-state index in [0.717, 1.165) is 37.1 Å². The number of rotatable bonds is 2. The van der Waals surface area contributed by atoms with Crippen LogP contribution in [-0.4, -0.2) is 34.1 Å². The van der Waals surface area contributed by atoms with Crippen molar-refractivity contribution in [1.82, 2.24) is 15.0 Å². The number of para-hydroxylation sites is 1. The number of likely N-dealkylation sites (tertiary alicyclic amines) is 1. The molecule has 2 atom stereocenters. The number of nitrogens with zero attached hydrogens (tertiary/aromatic N) is 3. The largest absolute Gasteiger partial charge is 0.492 e. The van der Waals surface area contributed by atoms with Gasteiger partial charge in [-0.2, -0.15) is 4.98 Å². The molecule has 2 aromatic rings. The second-order valence-corrected chi connectivity index (χ2v) is 6.18. The molecule has 0 unspecified atom stereocenters. The molecule has 2 aliphatic rings. The summed E-state index contributed by atoms with van der Waals surface area (Å²) in [5, 5.41) is 4.00. The molecule has 1 saturated heterocycles. The minimum Gasteiger partial charge on any atom is -0.492 e. The zero-order valence-corrected chi connectivity index (χ0v) is 13.1. The van der Waals surface area contributed by atoms with Crippen molar-refractivity contribution >= 4 is 5.91 Å². The predicted molar refractivity (Wildman–Crippen MR) is 81.9 cm³/mol. The average molecular weight is 313 g/mol. The summed E-state index contributed by atoms with van der Waals surface area (Å²) < 4.78 is 10.8. The van der Waals surface area contributed by atoms with Crippen LogP contribution in [0, 0.1) is 12.8 Å². The number of aryl methyl sites for hydroxylation is 1. The molecule has 3 heterocycles. The second kappa shape index (κ2) is 5.68. The Morgan fingerprint density at radius 1 is 1.35 bits per heavy atom. The van der Waals surface area contributed by atoms with Gasteiger partial charge in [-0.3, -0.25) is 4.79 Å². The van der Waals surface area contributed by atoms with Gasteiger partial charge in [0.25, 0.3) is 0 Å². The topological polar surface area (TPSA) is 68.5 Å². The van der Waals surface area contributed by atoms with Crippen LogP contribution in [0.1, 0.15) is 36.2 Å². The number of hydrogen-bond acceptors (Lipinski definition) is 5. The summed E-state index contributed by atoms with van der Waals surface area (Å²) in [6, 6.07) is 7.85. The first kappa shape index (κ1) is 14.2. The van der Waals surface area contributed by atoms with Gasteiger partial charge >= 0.3 is 0 Å². The molecule has 1 fully saturated rings. The molecule has 2 aliphatic heterocycles. The minimum atomic E-state index is -0.140. The lowest BCUT2D eigenvalue weighted by atomic mass is 9.95. The van der Waals surface area contributed by atoms with Crippen molar-refractivity contribution in [3.8, 4) is 5.75 Å². The number of fused-ring (bicyclic) bond motifs is 1. The first-order valence-electron chi connectivity index (χ1n) is 8.04. The molecular weight excluding hydrogens is 294 g/mol. The highest BCUT2D eigenvalue weighted by Gasteiger charge is 2.37. The zero-order valence-electron chi connectivity index (χ0n) is 13.1. The normalized spacial score (nSPS) is 23.4. The van der Waals surface area contributed by atoms with Crippen LogP contribution >= 0.6 is 0 Å². The Morgan fingerprint density at radius 3 is 3.04 bits per heavy atom. The van der Waals surface area contributed by atoms with Crippen molar-refractivity contribution < 1.29 is 14.1 Å². The SMILES string of the molecule is Cc1nc([C@H]2CCCN2C(=O)[C@H]2COc3ccccc3C2)no1. The summed E-state index contributed by atoms with van der Waals surface area (Å²) in [4.78, 5) is 19.2. The molecule has 0 N–H and O–H groups in total. The maximum absolute atomic E-state index is 13.0. The number of hydrogen-bond donors (Lipinski definition) is 0. The molecule has 0 bridgehead atoms. The molecule has 0 saturated carbocycles. The van der Waals surface area contributed by atoms with E-state index in [0.29, 0.717) is 18.3 Å². The first-order valence-corrected chi connectivity index (χ1v) is 8.04. The van der Waals surface area contributed by atoms with Crippen LogP contribution in [0.15, 0.2) is 28.8 Å². The van der Waals surface area contributed by atoms with Crippen LogP contribution in [0.5, 0.6) is 5.75 Å². The molecule has 6 heteroatoms. The standard InChI is InChI=1S/C17H19N3O3/c1-11-18-16(19-23-11)14-6-4-8-20(14)17(21)13-9-12-5-2-3-7-15(12)22-10-13/h2-3,5,7,13-14H,4,6,8-10H2,1H3/t13-,14-/m1/s1. The van der Waals surface area contributed by atoms with Crippen LogP contribution in [0.25, 0.3) is 0 Å². The third kappa shape index (κ3) is 2.58. The summed E-state index contributed by atoms with van der Waals surface area (Å²) in [7, 11) is 0. The van der Waals surface area contributed by atoms with Crippen LogP contribution in [-0.2, 0) is 11.2 Å². The molecule has 1 amide bonds. The Balaban J connectivity index is 1.52. The van der Waals surface area contributed by atoms with E-state index in [2.05, 4.69) is 10.1 Å². The van der Waals surface area contributed by atoms with Crippen molar-refractivity contribution in [2.24, 2.45) is 5.92 Å². The number of aromatic nitrogens is 2. The lowest BCUT2D eigenvalue weighted by Gasteiger charge is -2.30. The molecule has 0 spiro atoms. The van der Waals surface area contributed by atoms with Gasteiger partial charge in [-0.05, 0) is 30.9 Å². The molecule has 1 aromatic heterocycles. The molecule has 1 aromatic carbocycles. The van der Waals surface area contributed by atoms with Gasteiger partial charge in [-0.1, -0.05) is 23.4 Å². The quantitative estimate of drug-likeness (QED) is 0.851. The highest BCUT2D eigenvalue weighted by Crippen LogP contribution is 2.34. The van der Waals surface area contributed by atoms with Gasteiger partial charge in [0.05, 0.1) is 12.0 Å². The van der Waals surface area contributed by atoms with Crippen molar-refractivity contribution in [2.75, 3.05) is 13.2 Å². The van der Waals surface area contributed by atoms with Crippen LogP contribution < -0.4 is 4.74 Å². The fraction of sp³-hybridized carbons (Fsp3) is 0.471. The minimum absolute atomic E-state index is 0.0721. The van der Waals surface area contributed by atoms with Crippen molar-refractivity contribution in [3.05, 3.63) is 41.5 Å². The molecule has 23 heavy (non-hydrogen) atoms. The Morgan fingerprint density at radius 2 is 2.22 bits per heavy atom. The molecule has 4 rings (SSSR count). The lowest BCUT2D eigenvalue weighted by molar-refractivity contribution is -0.138. The number of carbonyl (C=O) groups is 1. The van der Waals surface area contributed by atoms with Crippen LogP contribution in [0.4, 0.5) is 0 Å². The average Bonchev–Trinajstić information content (AvgIpc) is 3.22. The van der Waals surface area contributed by atoms with Crippen LogP contribution in [0.2, 0.25) is 0 Å². The summed E-state index contributed by atoms with van der Waals surface area (Å²) in [5.41, 5.74) is 1.10. The second-order valence-electron chi connectivity index (χ2n) is 6.18. The van der Waals surface area contributed by atoms with E-state index in [1.165, 1.54) is 0 Å². The summed E-state index contributed by atoms with van der Waals surface area (Å²) in [5.74, 6) is 2.03. The van der Waals surface area contributed by atoms with Gasteiger partial charge in [-0.15, -0.1) is 0 Å². The first-order chi connectivity index (χ1) is 11.2. The van der Waals surface area contributed by atoms with E-state index in [4.69, 9.17) is 9.26 Å². The van der Waals surface area contributed by atoms with E-state index in [9.17, 15) is 4.79 Å². The Kier molecular flexibility index (Phi) is 3.52. The maximum Gasteiger partial charge on any atom is 0.230 e. The van der Waals surface area contributed by atoms with E-state index >= 15 is 0 Å². The van der Waals surface area contributed by atoms with Gasteiger partial charge in [0.15, 0.2) is 5.82 Å². The van der Waals surface area contributed by atoms with Gasteiger partial charge < -0.3 is 14.2 Å². The number of amides is 1. The molecule has 0 radical (unpaired) electrons. The molecule has 6 nitrogen and oxygen atoms in total. The highest BCUT2D eigenvalue weighted by atomic mass is 16.5. The number of carbonyl (C=O) groups excluding carboxylic acids is 1. The van der Waals surface area contributed by atoms with Gasteiger partial charge in [0, 0.05) is 13.5 Å². The number of ether oxygens (including phenoxy) is 1. The molecule has 120 valence electrons. The Labute approximate surface area is 134 Å². The van der Waals surface area contributed by atoms with Crippen molar-refractivity contribution in [2.45, 2.75) is 32.2 Å². The molecular formula is C17H19N3O3. The third-order valence-electron chi connectivity index (χ3n) is 4.61. The van der Waals surface area contributed by atoms with Gasteiger partial charge in [-0.25, -0.2) is 0 Å². The van der Waals surface area contributed by atoms with Crippen LogP contribution in [0.3, 0.4) is 0 Å². The van der Waals surface area contributed by atoms with E-state index in [-0.39, 0.29) is 17.9 Å². The van der Waals surface area contributed by atoms with Gasteiger partial charge in [0.2, 0.25) is 11.8 Å². The van der Waals surface area contributed by atoms with E-state index in [1.807, 2.05) is 29.2 Å². The predicted octanol–water partition coefficient (Wildman–Crippen LogP) is 2.29. The zero-order chi connectivity index (χ0) is 15.8. The Bertz CT molecular complexity index is 727. The third-order valence-corrected chi connectivity index (χ3v) is 4.61. The van der Waals surface area contributed by atoms with E-state index in [1.54, 1.807) is 6.92 Å². The van der Waals surface area contributed by atoms with Crippen molar-refractivity contribution in [3.63, 3.8) is 0 Å². The summed E-state index contributed by atoms with van der Waals surface area (Å²) >= 11 is 0. The van der Waals surface area contributed by atoms with E-state index < -0.39 is 0 Å². The summed E-state index contributed by atoms with van der Waals surface area (Å²) in [6.07, 6.45) is 2.58.